The number of hydrogen-bond acceptors (Lipinski definition) is 5. The molecule has 29 heavy (non-hydrogen) atoms. The van der Waals surface area contributed by atoms with Gasteiger partial charge >= 0.3 is 0 Å². The summed E-state index contributed by atoms with van der Waals surface area (Å²) in [6, 6.07) is 8.88. The summed E-state index contributed by atoms with van der Waals surface area (Å²) in [5.74, 6) is 0.376. The Morgan fingerprint density at radius 1 is 1.31 bits per heavy atom. The Bertz CT molecular complexity index is 1090. The highest BCUT2D eigenvalue weighted by molar-refractivity contribution is 5.94. The van der Waals surface area contributed by atoms with Crippen molar-refractivity contribution in [1.82, 2.24) is 25.1 Å². The molecule has 1 saturated heterocycles. The molecule has 0 radical (unpaired) electrons. The number of aryl methyl sites for hydroxylation is 2. The summed E-state index contributed by atoms with van der Waals surface area (Å²) in [5, 5.41) is 10.5. The van der Waals surface area contributed by atoms with Crippen LogP contribution in [0.2, 0.25) is 0 Å². The molecule has 0 bridgehead atoms. The first-order valence-electron chi connectivity index (χ1n) is 9.74. The molecule has 0 spiro atoms. The molecular weight excluding hydrogens is 368 g/mol. The first-order chi connectivity index (χ1) is 14.0. The number of aromatic nitrogens is 4. The van der Waals surface area contributed by atoms with E-state index in [4.69, 9.17) is 0 Å². The predicted molar refractivity (Wildman–Crippen MR) is 111 cm³/mol. The minimum atomic E-state index is -0.183. The van der Waals surface area contributed by atoms with E-state index in [1.165, 1.54) is 6.07 Å². The van der Waals surface area contributed by atoms with E-state index in [0.717, 1.165) is 23.4 Å². The number of rotatable bonds is 5. The molecule has 2 aromatic heterocycles. The van der Waals surface area contributed by atoms with E-state index in [1.54, 1.807) is 4.68 Å². The van der Waals surface area contributed by atoms with Crippen molar-refractivity contribution in [2.75, 3.05) is 18.4 Å². The number of hydrogen-bond donors (Lipinski definition) is 3. The third kappa shape index (κ3) is 4.12. The Morgan fingerprint density at radius 2 is 2.17 bits per heavy atom. The van der Waals surface area contributed by atoms with Gasteiger partial charge in [-0.05, 0) is 24.1 Å². The fraction of sp³-hybridized carbons (Fsp3) is 0.333. The van der Waals surface area contributed by atoms with Gasteiger partial charge < -0.3 is 15.6 Å². The van der Waals surface area contributed by atoms with Gasteiger partial charge in [0, 0.05) is 55.3 Å². The van der Waals surface area contributed by atoms with E-state index in [-0.39, 0.29) is 23.3 Å². The zero-order chi connectivity index (χ0) is 20.4. The van der Waals surface area contributed by atoms with Crippen molar-refractivity contribution < 1.29 is 4.79 Å². The van der Waals surface area contributed by atoms with Crippen molar-refractivity contribution in [1.29, 1.82) is 0 Å². The Hall–Kier alpha value is -3.26. The normalized spacial score (nSPS) is 18.7. The molecule has 1 aliphatic rings. The molecule has 2 atom stereocenters. The Kier molecular flexibility index (Phi) is 5.26. The average Bonchev–Trinajstić information content (AvgIpc) is 3.36. The van der Waals surface area contributed by atoms with Crippen LogP contribution in [0, 0.1) is 5.92 Å². The van der Waals surface area contributed by atoms with Gasteiger partial charge in [0.2, 0.25) is 5.91 Å². The van der Waals surface area contributed by atoms with Crippen LogP contribution >= 0.6 is 0 Å². The van der Waals surface area contributed by atoms with Crippen LogP contribution in [-0.2, 0) is 18.3 Å². The number of H-pyrrole nitrogens is 1. The summed E-state index contributed by atoms with van der Waals surface area (Å²) in [4.78, 5) is 32.1. The molecule has 0 unspecified atom stereocenters. The fourth-order valence-corrected chi connectivity index (χ4v) is 3.74. The highest BCUT2D eigenvalue weighted by Gasteiger charge is 2.34. The fourth-order valence-electron chi connectivity index (χ4n) is 3.74. The number of carbonyl (C=O) groups excluding carboxylic acids is 1. The lowest BCUT2D eigenvalue weighted by atomic mass is 9.90. The van der Waals surface area contributed by atoms with E-state index in [2.05, 4.69) is 25.7 Å². The second-order valence-electron chi connectivity index (χ2n) is 7.33. The van der Waals surface area contributed by atoms with Crippen molar-refractivity contribution in [3.63, 3.8) is 0 Å². The van der Waals surface area contributed by atoms with Gasteiger partial charge in [-0.3, -0.25) is 14.3 Å². The highest BCUT2D eigenvalue weighted by Crippen LogP contribution is 2.29. The Labute approximate surface area is 168 Å². The predicted octanol–water partition coefficient (Wildman–Crippen LogP) is 1.67. The molecule has 1 aromatic carbocycles. The second-order valence-corrected chi connectivity index (χ2v) is 7.33. The lowest BCUT2D eigenvalue weighted by Gasteiger charge is -2.17. The van der Waals surface area contributed by atoms with Crippen LogP contribution in [0.3, 0.4) is 0 Å². The van der Waals surface area contributed by atoms with E-state index in [1.807, 2.05) is 50.6 Å². The molecule has 1 aliphatic heterocycles. The number of nitrogens with zero attached hydrogens (tertiary/aromatic N) is 3. The number of amides is 1. The van der Waals surface area contributed by atoms with E-state index < -0.39 is 0 Å². The Morgan fingerprint density at radius 3 is 2.93 bits per heavy atom. The van der Waals surface area contributed by atoms with Crippen molar-refractivity contribution in [3.8, 4) is 11.4 Å². The molecule has 150 valence electrons. The molecule has 1 fully saturated rings. The standard InChI is InChI=1S/C21H24N6O2/c1-3-15-8-19(28)26-20(24-15)13-5-4-6-16(7-13)25-21(29)18-11-22-10-17(18)14-9-23-27(2)12-14/h4-9,12,17-18,22H,3,10-11H2,1-2H3,(H,25,29)(H,24,26,28)/t17-,18+/m1/s1. The van der Waals surface area contributed by atoms with Crippen molar-refractivity contribution >= 4 is 11.6 Å². The zero-order valence-corrected chi connectivity index (χ0v) is 16.5. The molecule has 8 nitrogen and oxygen atoms in total. The van der Waals surface area contributed by atoms with Crippen LogP contribution in [0.25, 0.3) is 11.4 Å². The van der Waals surface area contributed by atoms with Gasteiger partial charge in [0.25, 0.3) is 5.56 Å². The highest BCUT2D eigenvalue weighted by atomic mass is 16.2. The van der Waals surface area contributed by atoms with Crippen molar-refractivity contribution in [2.24, 2.45) is 13.0 Å². The van der Waals surface area contributed by atoms with Gasteiger partial charge in [-0.1, -0.05) is 19.1 Å². The molecule has 3 aromatic rings. The maximum atomic E-state index is 13.0. The molecule has 3 N–H and O–H groups in total. The smallest absolute Gasteiger partial charge is 0.251 e. The maximum Gasteiger partial charge on any atom is 0.251 e. The summed E-state index contributed by atoms with van der Waals surface area (Å²) in [5.41, 5.74) is 3.04. The summed E-state index contributed by atoms with van der Waals surface area (Å²) in [6.07, 6.45) is 4.46. The SMILES string of the molecule is CCc1cc(=O)[nH]c(-c2cccc(NC(=O)[C@H]3CNC[C@@H]3c3cnn(C)c3)c2)n1. The third-order valence-electron chi connectivity index (χ3n) is 5.26. The van der Waals surface area contributed by atoms with Crippen molar-refractivity contribution in [3.05, 3.63) is 64.3 Å². The number of carbonyl (C=O) groups is 1. The molecule has 3 heterocycles. The molecule has 4 rings (SSSR count). The van der Waals surface area contributed by atoms with Crippen LogP contribution in [-0.4, -0.2) is 38.7 Å². The van der Waals surface area contributed by atoms with Crippen LogP contribution < -0.4 is 16.2 Å². The average molecular weight is 392 g/mol. The zero-order valence-electron chi connectivity index (χ0n) is 16.5. The third-order valence-corrected chi connectivity index (χ3v) is 5.26. The summed E-state index contributed by atoms with van der Waals surface area (Å²) in [7, 11) is 1.87. The minimum Gasteiger partial charge on any atom is -0.326 e. The quantitative estimate of drug-likeness (QED) is 0.613. The monoisotopic (exact) mass is 392 g/mol. The molecular formula is C21H24N6O2. The van der Waals surface area contributed by atoms with Gasteiger partial charge in [0.05, 0.1) is 12.1 Å². The van der Waals surface area contributed by atoms with E-state index in [0.29, 0.717) is 24.5 Å². The summed E-state index contributed by atoms with van der Waals surface area (Å²) < 4.78 is 1.75. The number of benzene rings is 1. The molecule has 0 aliphatic carbocycles. The maximum absolute atomic E-state index is 13.0. The molecule has 0 saturated carbocycles. The van der Waals surface area contributed by atoms with Gasteiger partial charge in [-0.15, -0.1) is 0 Å². The minimum absolute atomic E-state index is 0.0373. The largest absolute Gasteiger partial charge is 0.326 e. The van der Waals surface area contributed by atoms with E-state index in [9.17, 15) is 9.59 Å². The summed E-state index contributed by atoms with van der Waals surface area (Å²) in [6.45, 7) is 3.33. The number of nitrogens with one attached hydrogen (secondary N) is 3. The summed E-state index contributed by atoms with van der Waals surface area (Å²) >= 11 is 0. The second kappa shape index (κ2) is 8.00. The van der Waals surface area contributed by atoms with Gasteiger partial charge in [0.15, 0.2) is 0 Å². The van der Waals surface area contributed by atoms with E-state index >= 15 is 0 Å². The van der Waals surface area contributed by atoms with Crippen LogP contribution in [0.15, 0.2) is 47.5 Å². The lowest BCUT2D eigenvalue weighted by molar-refractivity contribution is -0.119. The van der Waals surface area contributed by atoms with Gasteiger partial charge in [0.1, 0.15) is 5.82 Å². The lowest BCUT2D eigenvalue weighted by Crippen LogP contribution is -2.28. The van der Waals surface area contributed by atoms with Crippen LogP contribution in [0.4, 0.5) is 5.69 Å². The van der Waals surface area contributed by atoms with Crippen molar-refractivity contribution in [2.45, 2.75) is 19.3 Å². The first-order valence-corrected chi connectivity index (χ1v) is 9.74. The molecule has 8 heteroatoms. The first kappa shape index (κ1) is 19.1. The molecule has 1 amide bonds. The number of anilines is 1. The Balaban J connectivity index is 1.54. The van der Waals surface area contributed by atoms with Gasteiger partial charge in [-0.2, -0.15) is 5.10 Å². The van der Waals surface area contributed by atoms with Crippen LogP contribution in [0.1, 0.15) is 24.1 Å². The topological polar surface area (TPSA) is 105 Å². The number of aromatic amines is 1. The van der Waals surface area contributed by atoms with Gasteiger partial charge in [-0.25, -0.2) is 4.98 Å². The van der Waals surface area contributed by atoms with Crippen LogP contribution in [0.5, 0.6) is 0 Å².